The quantitative estimate of drug-likeness (QED) is 0.508. The summed E-state index contributed by atoms with van der Waals surface area (Å²) in [4.78, 5) is 28.3. The van der Waals surface area contributed by atoms with E-state index in [0.717, 1.165) is 25.0 Å². The molecule has 1 aromatic rings. The van der Waals surface area contributed by atoms with E-state index < -0.39 is 0 Å². The van der Waals surface area contributed by atoms with Gasteiger partial charge in [0.15, 0.2) is 0 Å². The molecule has 1 aliphatic rings. The van der Waals surface area contributed by atoms with Crippen molar-refractivity contribution >= 4 is 11.9 Å². The molecular weight excluding hydrogens is 316 g/mol. The Labute approximate surface area is 150 Å². The van der Waals surface area contributed by atoms with Crippen molar-refractivity contribution in [2.75, 3.05) is 20.2 Å². The third-order valence-electron chi connectivity index (χ3n) is 4.49. The molecular formula is C20H28N2O3. The van der Waals surface area contributed by atoms with Gasteiger partial charge in [0.25, 0.3) is 5.91 Å². The lowest BCUT2D eigenvalue weighted by molar-refractivity contribution is -0.128. The fraction of sp³-hybridized carbons (Fsp3) is 0.500. The van der Waals surface area contributed by atoms with Gasteiger partial charge in [-0.05, 0) is 50.3 Å². The Morgan fingerprint density at radius 1 is 1.20 bits per heavy atom. The first kappa shape index (κ1) is 19.0. The topological polar surface area (TPSA) is 49.9 Å². The van der Waals surface area contributed by atoms with Crippen LogP contribution in [0.25, 0.3) is 0 Å². The van der Waals surface area contributed by atoms with E-state index in [2.05, 4.69) is 0 Å². The van der Waals surface area contributed by atoms with Crippen LogP contribution in [0, 0.1) is 0 Å². The van der Waals surface area contributed by atoms with Gasteiger partial charge in [-0.2, -0.15) is 0 Å². The maximum absolute atomic E-state index is 12.6. The van der Waals surface area contributed by atoms with E-state index in [1.54, 1.807) is 12.0 Å². The van der Waals surface area contributed by atoms with Gasteiger partial charge in [0, 0.05) is 13.1 Å². The summed E-state index contributed by atoms with van der Waals surface area (Å²) in [5.74, 6) is 0.778. The van der Waals surface area contributed by atoms with Crippen LogP contribution in [0.1, 0.15) is 38.7 Å². The molecule has 25 heavy (non-hydrogen) atoms. The molecule has 0 radical (unpaired) electrons. The van der Waals surface area contributed by atoms with Crippen LogP contribution < -0.4 is 4.74 Å². The van der Waals surface area contributed by atoms with E-state index in [4.69, 9.17) is 4.74 Å². The van der Waals surface area contributed by atoms with Crippen molar-refractivity contribution < 1.29 is 14.3 Å². The Hall–Kier alpha value is -2.30. The number of amides is 3. The van der Waals surface area contributed by atoms with E-state index in [1.807, 2.05) is 50.3 Å². The maximum atomic E-state index is 12.6. The highest BCUT2D eigenvalue weighted by atomic mass is 16.5. The number of carbonyl (C=O) groups is 2. The van der Waals surface area contributed by atoms with Gasteiger partial charge in [-0.3, -0.25) is 9.69 Å². The SMILES string of the molecule is C/C=C/CN1C(=O)C(CCCc2ccc(OC)cc2)N(CCC)C1=O. The summed E-state index contributed by atoms with van der Waals surface area (Å²) in [6.07, 6.45) is 7.01. The summed E-state index contributed by atoms with van der Waals surface area (Å²) in [5.41, 5.74) is 1.21. The molecule has 0 bridgehead atoms. The number of ether oxygens (including phenoxy) is 1. The molecule has 1 aromatic carbocycles. The lowest BCUT2D eigenvalue weighted by Crippen LogP contribution is -2.35. The van der Waals surface area contributed by atoms with Crippen molar-refractivity contribution in [3.05, 3.63) is 42.0 Å². The zero-order chi connectivity index (χ0) is 18.2. The number of allylic oxidation sites excluding steroid dienone is 1. The molecule has 1 saturated heterocycles. The summed E-state index contributed by atoms with van der Waals surface area (Å²) in [6.45, 7) is 4.91. The van der Waals surface area contributed by atoms with Crippen LogP contribution in [0.2, 0.25) is 0 Å². The van der Waals surface area contributed by atoms with Gasteiger partial charge in [-0.25, -0.2) is 4.79 Å². The molecule has 0 aromatic heterocycles. The molecule has 1 aliphatic heterocycles. The number of benzene rings is 1. The number of urea groups is 1. The van der Waals surface area contributed by atoms with E-state index in [-0.39, 0.29) is 18.0 Å². The molecule has 3 amide bonds. The first-order chi connectivity index (χ1) is 12.1. The van der Waals surface area contributed by atoms with E-state index in [9.17, 15) is 9.59 Å². The first-order valence-corrected chi connectivity index (χ1v) is 8.98. The van der Waals surface area contributed by atoms with Crippen LogP contribution in [0.3, 0.4) is 0 Å². The number of methoxy groups -OCH3 is 1. The lowest BCUT2D eigenvalue weighted by atomic mass is 10.0. The Morgan fingerprint density at radius 2 is 1.92 bits per heavy atom. The molecule has 1 fully saturated rings. The zero-order valence-electron chi connectivity index (χ0n) is 15.4. The van der Waals surface area contributed by atoms with Crippen LogP contribution >= 0.6 is 0 Å². The summed E-state index contributed by atoms with van der Waals surface area (Å²) in [6, 6.07) is 7.50. The fourth-order valence-corrected chi connectivity index (χ4v) is 3.14. The number of hydrogen-bond donors (Lipinski definition) is 0. The molecule has 2 rings (SSSR count). The highest BCUT2D eigenvalue weighted by Gasteiger charge is 2.43. The summed E-state index contributed by atoms with van der Waals surface area (Å²) in [5, 5.41) is 0. The minimum Gasteiger partial charge on any atom is -0.497 e. The van der Waals surface area contributed by atoms with Gasteiger partial charge in [0.1, 0.15) is 11.8 Å². The summed E-state index contributed by atoms with van der Waals surface area (Å²) >= 11 is 0. The number of rotatable bonds is 9. The van der Waals surface area contributed by atoms with Gasteiger partial charge in [0.05, 0.1) is 7.11 Å². The Balaban J connectivity index is 1.97. The van der Waals surface area contributed by atoms with Crippen molar-refractivity contribution in [3.63, 3.8) is 0 Å². The maximum Gasteiger partial charge on any atom is 0.327 e. The second-order valence-corrected chi connectivity index (χ2v) is 6.25. The normalized spacial score (nSPS) is 17.8. The molecule has 1 heterocycles. The monoisotopic (exact) mass is 344 g/mol. The second kappa shape index (κ2) is 9.25. The van der Waals surface area contributed by atoms with Gasteiger partial charge in [0.2, 0.25) is 0 Å². The van der Waals surface area contributed by atoms with E-state index in [1.165, 1.54) is 10.5 Å². The summed E-state index contributed by atoms with van der Waals surface area (Å²) < 4.78 is 5.17. The minimum absolute atomic E-state index is 0.0636. The van der Waals surface area contributed by atoms with Crippen molar-refractivity contribution in [3.8, 4) is 5.75 Å². The van der Waals surface area contributed by atoms with Crippen molar-refractivity contribution in [1.82, 2.24) is 9.80 Å². The van der Waals surface area contributed by atoms with Gasteiger partial charge in [-0.15, -0.1) is 0 Å². The average molecular weight is 344 g/mol. The Morgan fingerprint density at radius 3 is 2.52 bits per heavy atom. The molecule has 1 unspecified atom stereocenters. The highest BCUT2D eigenvalue weighted by molar-refractivity contribution is 6.04. The zero-order valence-corrected chi connectivity index (χ0v) is 15.4. The number of nitrogens with zero attached hydrogens (tertiary/aromatic N) is 2. The van der Waals surface area contributed by atoms with Crippen LogP contribution in [-0.4, -0.2) is 48.0 Å². The average Bonchev–Trinajstić information content (AvgIpc) is 2.85. The lowest BCUT2D eigenvalue weighted by Gasteiger charge is -2.21. The highest BCUT2D eigenvalue weighted by Crippen LogP contribution is 2.23. The van der Waals surface area contributed by atoms with Gasteiger partial charge >= 0.3 is 6.03 Å². The summed E-state index contributed by atoms with van der Waals surface area (Å²) in [7, 11) is 1.65. The van der Waals surface area contributed by atoms with Gasteiger partial charge in [-0.1, -0.05) is 31.2 Å². The largest absolute Gasteiger partial charge is 0.497 e. The van der Waals surface area contributed by atoms with Gasteiger partial charge < -0.3 is 9.64 Å². The van der Waals surface area contributed by atoms with Crippen molar-refractivity contribution in [2.45, 2.75) is 45.6 Å². The molecule has 0 N–H and O–H groups in total. The molecule has 5 nitrogen and oxygen atoms in total. The number of imide groups is 1. The van der Waals surface area contributed by atoms with Crippen molar-refractivity contribution in [2.24, 2.45) is 0 Å². The van der Waals surface area contributed by atoms with E-state index in [0.29, 0.717) is 19.5 Å². The fourth-order valence-electron chi connectivity index (χ4n) is 3.14. The molecule has 0 saturated carbocycles. The molecule has 136 valence electrons. The molecule has 1 atom stereocenters. The second-order valence-electron chi connectivity index (χ2n) is 6.25. The third-order valence-corrected chi connectivity index (χ3v) is 4.49. The predicted molar refractivity (Wildman–Crippen MR) is 98.6 cm³/mol. The molecule has 0 spiro atoms. The number of aryl methyl sites for hydroxylation is 1. The van der Waals surface area contributed by atoms with Crippen LogP contribution in [-0.2, 0) is 11.2 Å². The van der Waals surface area contributed by atoms with E-state index >= 15 is 0 Å². The van der Waals surface area contributed by atoms with Crippen molar-refractivity contribution in [1.29, 1.82) is 0 Å². The number of carbonyl (C=O) groups excluding carboxylic acids is 2. The molecule has 5 heteroatoms. The molecule has 0 aliphatic carbocycles. The van der Waals surface area contributed by atoms with Crippen LogP contribution in [0.4, 0.5) is 4.79 Å². The Kier molecular flexibility index (Phi) is 7.04. The third kappa shape index (κ3) is 4.62. The minimum atomic E-state index is -0.323. The van der Waals surface area contributed by atoms with Crippen LogP contribution in [0.5, 0.6) is 5.75 Å². The predicted octanol–water partition coefficient (Wildman–Crippen LogP) is 3.64. The smallest absolute Gasteiger partial charge is 0.327 e. The number of hydrogen-bond acceptors (Lipinski definition) is 3. The Bertz CT molecular complexity index is 610. The standard InChI is InChI=1S/C20H28N2O3/c1-4-6-15-22-19(23)18(21(14-5-2)20(22)24)9-7-8-16-10-12-17(25-3)13-11-16/h4,6,10-13,18H,5,7-9,14-15H2,1-3H3/b6-4+. The van der Waals surface area contributed by atoms with Crippen LogP contribution in [0.15, 0.2) is 36.4 Å². The first-order valence-electron chi connectivity index (χ1n) is 8.98.